The second-order valence-electron chi connectivity index (χ2n) is 7.54. The molecule has 0 saturated carbocycles. The van der Waals surface area contributed by atoms with Crippen LogP contribution in [0.1, 0.15) is 24.5 Å². The Balaban J connectivity index is 1.58. The fourth-order valence-corrected chi connectivity index (χ4v) is 4.94. The van der Waals surface area contributed by atoms with E-state index in [-0.39, 0.29) is 18.1 Å². The lowest BCUT2D eigenvalue weighted by Crippen LogP contribution is -2.18. The number of rotatable bonds is 7. The van der Waals surface area contributed by atoms with E-state index < -0.39 is 10.0 Å². The van der Waals surface area contributed by atoms with Gasteiger partial charge in [-0.15, -0.1) is 0 Å². The molecule has 4 rings (SSSR count). The maximum absolute atomic E-state index is 12.8. The Morgan fingerprint density at radius 3 is 2.58 bits per heavy atom. The number of anilines is 2. The molecule has 0 fully saturated rings. The number of fused-ring (bicyclic) bond motifs is 3. The highest BCUT2D eigenvalue weighted by Crippen LogP contribution is 2.30. The average molecular weight is 437 g/mol. The fourth-order valence-electron chi connectivity index (χ4n) is 3.74. The van der Waals surface area contributed by atoms with Gasteiger partial charge in [0, 0.05) is 16.6 Å². The van der Waals surface area contributed by atoms with Crippen LogP contribution in [0.2, 0.25) is 0 Å². The summed E-state index contributed by atoms with van der Waals surface area (Å²) in [5, 5.41) is 5.97. The summed E-state index contributed by atoms with van der Waals surface area (Å²) in [6.07, 6.45) is 2.29. The van der Waals surface area contributed by atoms with Crippen LogP contribution < -0.4 is 10.0 Å². The number of nitrogens with one attached hydrogen (secondary N) is 2. The summed E-state index contributed by atoms with van der Waals surface area (Å²) in [5.74, 6) is -0.155. The summed E-state index contributed by atoms with van der Waals surface area (Å²) in [4.78, 5) is 12.8. The number of amides is 1. The van der Waals surface area contributed by atoms with Gasteiger partial charge in [0.1, 0.15) is 5.58 Å². The highest BCUT2D eigenvalue weighted by molar-refractivity contribution is 7.92. The molecule has 1 amide bonds. The van der Waals surface area contributed by atoms with Crippen LogP contribution in [0.25, 0.3) is 21.7 Å². The summed E-state index contributed by atoms with van der Waals surface area (Å²) < 4.78 is 32.5. The van der Waals surface area contributed by atoms with E-state index in [1.54, 1.807) is 31.4 Å². The number of carbonyl (C=O) groups excluding carboxylic acids is 1. The topological polar surface area (TPSA) is 88.4 Å². The molecular formula is C24H24N2O4S. The molecule has 3 aromatic carbocycles. The number of hydrogen-bond donors (Lipinski definition) is 2. The Bertz CT molecular complexity index is 1370. The summed E-state index contributed by atoms with van der Waals surface area (Å²) in [6.45, 7) is 3.59. The van der Waals surface area contributed by atoms with Crippen molar-refractivity contribution in [1.82, 2.24) is 0 Å². The van der Waals surface area contributed by atoms with Gasteiger partial charge in [0.2, 0.25) is 15.9 Å². The van der Waals surface area contributed by atoms with Gasteiger partial charge >= 0.3 is 0 Å². The molecule has 0 saturated heterocycles. The number of carbonyl (C=O) groups is 1. The number of furan rings is 1. The SMILES string of the molecule is CCCS(=O)(=O)Nc1cccc(NC(=O)Cc2coc3ccc4ccccc4c23)c1C. The molecule has 0 atom stereocenters. The quantitative estimate of drug-likeness (QED) is 0.415. The number of benzene rings is 3. The first-order valence-corrected chi connectivity index (χ1v) is 11.8. The minimum absolute atomic E-state index is 0.0462. The van der Waals surface area contributed by atoms with Crippen molar-refractivity contribution in [3.63, 3.8) is 0 Å². The lowest BCUT2D eigenvalue weighted by molar-refractivity contribution is -0.115. The lowest BCUT2D eigenvalue weighted by atomic mass is 10.0. The van der Waals surface area contributed by atoms with E-state index >= 15 is 0 Å². The van der Waals surface area contributed by atoms with Crippen molar-refractivity contribution in [2.24, 2.45) is 0 Å². The van der Waals surface area contributed by atoms with Gasteiger partial charge in [-0.25, -0.2) is 8.42 Å². The van der Waals surface area contributed by atoms with Crippen LogP contribution in [0.4, 0.5) is 11.4 Å². The number of sulfonamides is 1. The van der Waals surface area contributed by atoms with Crippen LogP contribution in [0.3, 0.4) is 0 Å². The van der Waals surface area contributed by atoms with Crippen molar-refractivity contribution in [2.75, 3.05) is 15.8 Å². The standard InChI is InChI=1S/C24H24N2O4S/c1-3-13-31(28,29)26-21-10-6-9-20(16(21)2)25-23(27)14-18-15-30-22-12-11-17-7-4-5-8-19(17)24(18)22/h4-12,15,26H,3,13-14H2,1-2H3,(H,25,27). The Morgan fingerprint density at radius 1 is 1.00 bits per heavy atom. The van der Waals surface area contributed by atoms with Gasteiger partial charge in [-0.2, -0.15) is 0 Å². The van der Waals surface area contributed by atoms with Crippen LogP contribution in [0, 0.1) is 6.92 Å². The molecule has 2 N–H and O–H groups in total. The molecule has 160 valence electrons. The molecule has 1 heterocycles. The molecule has 0 bridgehead atoms. The number of hydrogen-bond acceptors (Lipinski definition) is 4. The molecule has 6 nitrogen and oxygen atoms in total. The molecule has 0 unspecified atom stereocenters. The van der Waals surface area contributed by atoms with Gasteiger partial charge in [0.05, 0.1) is 24.1 Å². The van der Waals surface area contributed by atoms with Crippen LogP contribution in [0.5, 0.6) is 0 Å². The molecule has 0 aliphatic heterocycles. The van der Waals surface area contributed by atoms with Crippen LogP contribution in [0.15, 0.2) is 65.3 Å². The van der Waals surface area contributed by atoms with E-state index in [9.17, 15) is 13.2 Å². The van der Waals surface area contributed by atoms with E-state index in [1.807, 2.05) is 43.3 Å². The zero-order valence-electron chi connectivity index (χ0n) is 17.4. The molecule has 0 aliphatic carbocycles. The van der Waals surface area contributed by atoms with E-state index in [0.29, 0.717) is 23.4 Å². The smallest absolute Gasteiger partial charge is 0.232 e. The van der Waals surface area contributed by atoms with E-state index in [0.717, 1.165) is 27.3 Å². The van der Waals surface area contributed by atoms with Gasteiger partial charge in [-0.05, 0) is 47.9 Å². The average Bonchev–Trinajstić information content (AvgIpc) is 3.14. The first kappa shape index (κ1) is 20.9. The highest BCUT2D eigenvalue weighted by Gasteiger charge is 2.16. The maximum Gasteiger partial charge on any atom is 0.232 e. The van der Waals surface area contributed by atoms with Crippen molar-refractivity contribution >= 4 is 49.0 Å². The molecular weight excluding hydrogens is 412 g/mol. The second kappa shape index (κ2) is 8.43. The van der Waals surface area contributed by atoms with Gasteiger partial charge in [0.25, 0.3) is 0 Å². The predicted octanol–water partition coefficient (Wildman–Crippen LogP) is 5.23. The Kier molecular flexibility index (Phi) is 5.69. The van der Waals surface area contributed by atoms with Crippen molar-refractivity contribution in [1.29, 1.82) is 0 Å². The zero-order valence-corrected chi connectivity index (χ0v) is 18.3. The van der Waals surface area contributed by atoms with Gasteiger partial charge in [0.15, 0.2) is 0 Å². The summed E-state index contributed by atoms with van der Waals surface area (Å²) in [6, 6.07) is 17.1. The normalized spacial score (nSPS) is 11.7. The summed E-state index contributed by atoms with van der Waals surface area (Å²) in [5.41, 5.74) is 3.25. The van der Waals surface area contributed by atoms with Gasteiger partial charge in [-0.3, -0.25) is 9.52 Å². The summed E-state index contributed by atoms with van der Waals surface area (Å²) in [7, 11) is -3.41. The second-order valence-corrected chi connectivity index (χ2v) is 9.39. The third-order valence-electron chi connectivity index (χ3n) is 5.24. The Labute approximate surface area is 181 Å². The molecule has 7 heteroatoms. The monoisotopic (exact) mass is 436 g/mol. The van der Waals surface area contributed by atoms with E-state index in [1.165, 1.54) is 0 Å². The molecule has 0 radical (unpaired) electrons. The first-order valence-electron chi connectivity index (χ1n) is 10.2. The van der Waals surface area contributed by atoms with Crippen molar-refractivity contribution in [3.8, 4) is 0 Å². The van der Waals surface area contributed by atoms with Gasteiger partial charge in [-0.1, -0.05) is 43.3 Å². The van der Waals surface area contributed by atoms with Crippen LogP contribution >= 0.6 is 0 Å². The predicted molar refractivity (Wildman–Crippen MR) is 125 cm³/mol. The highest BCUT2D eigenvalue weighted by atomic mass is 32.2. The van der Waals surface area contributed by atoms with Crippen LogP contribution in [-0.4, -0.2) is 20.1 Å². The van der Waals surface area contributed by atoms with E-state index in [2.05, 4.69) is 10.0 Å². The molecule has 4 aromatic rings. The van der Waals surface area contributed by atoms with Crippen molar-refractivity contribution < 1.29 is 17.6 Å². The van der Waals surface area contributed by atoms with Crippen LogP contribution in [-0.2, 0) is 21.2 Å². The molecule has 31 heavy (non-hydrogen) atoms. The Hall–Kier alpha value is -3.32. The van der Waals surface area contributed by atoms with E-state index in [4.69, 9.17) is 4.42 Å². The third kappa shape index (κ3) is 4.41. The summed E-state index contributed by atoms with van der Waals surface area (Å²) >= 11 is 0. The Morgan fingerprint density at radius 2 is 1.77 bits per heavy atom. The lowest BCUT2D eigenvalue weighted by Gasteiger charge is -2.14. The third-order valence-corrected chi connectivity index (χ3v) is 6.71. The zero-order chi connectivity index (χ0) is 22.0. The minimum atomic E-state index is -3.41. The first-order chi connectivity index (χ1) is 14.9. The van der Waals surface area contributed by atoms with Gasteiger partial charge < -0.3 is 9.73 Å². The van der Waals surface area contributed by atoms with Crippen molar-refractivity contribution in [2.45, 2.75) is 26.7 Å². The molecule has 0 spiro atoms. The maximum atomic E-state index is 12.8. The molecule has 0 aliphatic rings. The fraction of sp³-hybridized carbons (Fsp3) is 0.208. The minimum Gasteiger partial charge on any atom is -0.464 e. The molecule has 1 aromatic heterocycles. The largest absolute Gasteiger partial charge is 0.464 e. The van der Waals surface area contributed by atoms with Crippen molar-refractivity contribution in [3.05, 3.63) is 72.0 Å².